The maximum atomic E-state index is 9.50. The minimum atomic E-state index is -1.37. The average molecular weight is 235 g/mol. The fraction of sp³-hybridized carbons (Fsp3) is 0.875. The zero-order valence-electron chi connectivity index (χ0n) is 7.85. The molecule has 15 heavy (non-hydrogen) atoms. The minimum Gasteiger partial charge on any atom is -0.394 e. The number of nitrogens with zero attached hydrogens (tertiary/aromatic N) is 1. The summed E-state index contributed by atoms with van der Waals surface area (Å²) in [5, 5.41) is 45.5. The molecule has 0 spiro atoms. The fourth-order valence-electron chi connectivity index (χ4n) is 1.32. The zero-order valence-corrected chi connectivity index (χ0v) is 8.67. The van der Waals surface area contributed by atoms with Gasteiger partial charge in [0.1, 0.15) is 29.9 Å². The second-order valence-corrected chi connectivity index (χ2v) is 4.25. The third kappa shape index (κ3) is 2.81. The maximum Gasteiger partial charge on any atom is 0.133 e. The van der Waals surface area contributed by atoms with Crippen molar-refractivity contribution in [3.8, 4) is 6.07 Å². The molecule has 1 rings (SSSR count). The Morgan fingerprint density at radius 2 is 1.87 bits per heavy atom. The Hall–Kier alpha value is -0.360. The fourth-order valence-corrected chi connectivity index (χ4v) is 2.14. The van der Waals surface area contributed by atoms with Gasteiger partial charge in [0.15, 0.2) is 0 Å². The van der Waals surface area contributed by atoms with E-state index < -0.39 is 36.5 Å². The molecule has 6 nitrogen and oxygen atoms in total. The molecule has 0 aromatic carbocycles. The molecule has 0 aliphatic carbocycles. The molecule has 1 heterocycles. The van der Waals surface area contributed by atoms with E-state index in [0.29, 0.717) is 0 Å². The third-order valence-corrected chi connectivity index (χ3v) is 3.17. The molecular formula is C8H13NO5S. The summed E-state index contributed by atoms with van der Waals surface area (Å²) in [4.78, 5) is 0. The van der Waals surface area contributed by atoms with Crippen LogP contribution in [0.5, 0.6) is 0 Å². The van der Waals surface area contributed by atoms with Crippen molar-refractivity contribution in [2.75, 3.05) is 12.4 Å². The summed E-state index contributed by atoms with van der Waals surface area (Å²) in [6.45, 7) is -0.450. The van der Waals surface area contributed by atoms with Gasteiger partial charge in [-0.3, -0.25) is 0 Å². The molecular weight excluding hydrogens is 222 g/mol. The normalized spacial score (nSPS) is 41.1. The SMILES string of the molecule is N#CCS[C@@H]1O[C@H](CO)[C@@H](O)[C@H](O)[C@@H]1O. The van der Waals surface area contributed by atoms with Crippen LogP contribution in [0.15, 0.2) is 0 Å². The second kappa shape index (κ2) is 5.65. The lowest BCUT2D eigenvalue weighted by atomic mass is 10.0. The van der Waals surface area contributed by atoms with Crippen molar-refractivity contribution < 1.29 is 25.2 Å². The third-order valence-electron chi connectivity index (χ3n) is 2.16. The average Bonchev–Trinajstić information content (AvgIpc) is 2.25. The van der Waals surface area contributed by atoms with Crippen LogP contribution in [0.25, 0.3) is 0 Å². The highest BCUT2D eigenvalue weighted by Gasteiger charge is 2.43. The highest BCUT2D eigenvalue weighted by molar-refractivity contribution is 8.00. The number of ether oxygens (including phenoxy) is 1. The Bertz CT molecular complexity index is 244. The van der Waals surface area contributed by atoms with Crippen LogP contribution in [0, 0.1) is 11.3 Å². The van der Waals surface area contributed by atoms with Crippen molar-refractivity contribution in [2.45, 2.75) is 29.9 Å². The van der Waals surface area contributed by atoms with E-state index in [-0.39, 0.29) is 5.75 Å². The van der Waals surface area contributed by atoms with E-state index in [2.05, 4.69) is 0 Å². The molecule has 0 aromatic rings. The minimum absolute atomic E-state index is 0.0999. The Morgan fingerprint density at radius 3 is 2.40 bits per heavy atom. The molecule has 0 amide bonds. The summed E-state index contributed by atoms with van der Waals surface area (Å²) in [5.41, 5.74) is -0.805. The maximum absolute atomic E-state index is 9.50. The van der Waals surface area contributed by atoms with Crippen molar-refractivity contribution in [3.05, 3.63) is 0 Å². The summed E-state index contributed by atoms with van der Waals surface area (Å²) in [5.74, 6) is 0.0999. The quantitative estimate of drug-likeness (QED) is 0.449. The van der Waals surface area contributed by atoms with Crippen LogP contribution in [0.2, 0.25) is 0 Å². The summed E-state index contributed by atoms with van der Waals surface area (Å²) < 4.78 is 5.13. The van der Waals surface area contributed by atoms with E-state index in [9.17, 15) is 15.3 Å². The first-order valence-corrected chi connectivity index (χ1v) is 5.45. The topological polar surface area (TPSA) is 114 Å². The van der Waals surface area contributed by atoms with Gasteiger partial charge in [-0.05, 0) is 0 Å². The summed E-state index contributed by atoms with van der Waals surface area (Å²) in [6.07, 6.45) is -4.88. The van der Waals surface area contributed by atoms with Gasteiger partial charge in [-0.15, -0.1) is 11.8 Å². The van der Waals surface area contributed by atoms with Crippen molar-refractivity contribution in [1.29, 1.82) is 5.26 Å². The molecule has 5 atom stereocenters. The lowest BCUT2D eigenvalue weighted by Gasteiger charge is -2.39. The first kappa shape index (κ1) is 12.7. The van der Waals surface area contributed by atoms with Crippen molar-refractivity contribution >= 4 is 11.8 Å². The van der Waals surface area contributed by atoms with Gasteiger partial charge in [-0.25, -0.2) is 0 Å². The molecule has 1 saturated heterocycles. The molecule has 86 valence electrons. The van der Waals surface area contributed by atoms with Crippen molar-refractivity contribution in [1.82, 2.24) is 0 Å². The van der Waals surface area contributed by atoms with Crippen LogP contribution in [-0.4, -0.2) is 62.6 Å². The van der Waals surface area contributed by atoms with E-state index >= 15 is 0 Å². The Kier molecular flexibility index (Phi) is 4.79. The smallest absolute Gasteiger partial charge is 0.133 e. The highest BCUT2D eigenvalue weighted by Crippen LogP contribution is 2.27. The van der Waals surface area contributed by atoms with Gasteiger partial charge in [-0.1, -0.05) is 0 Å². The Morgan fingerprint density at radius 1 is 1.20 bits per heavy atom. The van der Waals surface area contributed by atoms with E-state index in [1.807, 2.05) is 6.07 Å². The number of nitriles is 1. The van der Waals surface area contributed by atoms with Crippen LogP contribution in [0.1, 0.15) is 0 Å². The van der Waals surface area contributed by atoms with Crippen LogP contribution in [0.3, 0.4) is 0 Å². The molecule has 1 fully saturated rings. The number of aliphatic hydroxyl groups is 4. The molecule has 0 radical (unpaired) electrons. The van der Waals surface area contributed by atoms with Crippen molar-refractivity contribution in [2.24, 2.45) is 0 Å². The number of aliphatic hydroxyl groups excluding tert-OH is 4. The summed E-state index contributed by atoms with van der Waals surface area (Å²) in [7, 11) is 0. The molecule has 0 aromatic heterocycles. The molecule has 0 bridgehead atoms. The first-order chi connectivity index (χ1) is 7.11. The standard InChI is InChI=1S/C8H13NO5S/c9-1-2-15-8-7(13)6(12)5(11)4(3-10)14-8/h4-8,10-13H,2-3H2/t4-,5-,6+,7+,8+/m1/s1. The molecule has 1 aliphatic rings. The van der Waals surface area contributed by atoms with E-state index in [1.54, 1.807) is 0 Å². The van der Waals surface area contributed by atoms with E-state index in [1.165, 1.54) is 0 Å². The summed E-state index contributed by atoms with van der Waals surface area (Å²) >= 11 is 1.01. The van der Waals surface area contributed by atoms with Gasteiger partial charge in [0.2, 0.25) is 0 Å². The van der Waals surface area contributed by atoms with Crippen molar-refractivity contribution in [3.63, 3.8) is 0 Å². The predicted octanol–water partition coefficient (Wildman–Crippen LogP) is -1.96. The van der Waals surface area contributed by atoms with E-state index in [4.69, 9.17) is 15.1 Å². The molecule has 0 unspecified atom stereocenters. The van der Waals surface area contributed by atoms with Gasteiger partial charge in [-0.2, -0.15) is 5.26 Å². The summed E-state index contributed by atoms with van der Waals surface area (Å²) in [6, 6.07) is 1.86. The zero-order chi connectivity index (χ0) is 11.4. The molecule has 0 saturated carbocycles. The van der Waals surface area contributed by atoms with Crippen LogP contribution in [0.4, 0.5) is 0 Å². The van der Waals surface area contributed by atoms with Crippen LogP contribution >= 0.6 is 11.8 Å². The highest BCUT2D eigenvalue weighted by atomic mass is 32.2. The van der Waals surface area contributed by atoms with Gasteiger partial charge in [0, 0.05) is 0 Å². The van der Waals surface area contributed by atoms with Gasteiger partial charge in [0.25, 0.3) is 0 Å². The monoisotopic (exact) mass is 235 g/mol. The number of hydrogen-bond donors (Lipinski definition) is 4. The largest absolute Gasteiger partial charge is 0.394 e. The number of rotatable bonds is 3. The number of thioether (sulfide) groups is 1. The van der Waals surface area contributed by atoms with Crippen LogP contribution < -0.4 is 0 Å². The Balaban J connectivity index is 2.62. The lowest BCUT2D eigenvalue weighted by molar-refractivity contribution is -0.205. The molecule has 1 aliphatic heterocycles. The van der Waals surface area contributed by atoms with Gasteiger partial charge in [0.05, 0.1) is 18.4 Å². The van der Waals surface area contributed by atoms with E-state index in [0.717, 1.165) is 11.8 Å². The first-order valence-electron chi connectivity index (χ1n) is 4.41. The Labute approximate surface area is 91.1 Å². The lowest BCUT2D eigenvalue weighted by Crippen LogP contribution is -2.57. The van der Waals surface area contributed by atoms with Gasteiger partial charge < -0.3 is 25.2 Å². The second-order valence-electron chi connectivity index (χ2n) is 3.17. The van der Waals surface area contributed by atoms with Crippen LogP contribution in [-0.2, 0) is 4.74 Å². The van der Waals surface area contributed by atoms with Gasteiger partial charge >= 0.3 is 0 Å². The molecule has 7 heteroatoms. The number of hydrogen-bond acceptors (Lipinski definition) is 7. The molecule has 4 N–H and O–H groups in total. The predicted molar refractivity (Wildman–Crippen MR) is 51.8 cm³/mol.